The van der Waals surface area contributed by atoms with Crippen LogP contribution in [0.15, 0.2) is 17.4 Å². The van der Waals surface area contributed by atoms with Crippen molar-refractivity contribution >= 4 is 41.7 Å². The smallest absolute Gasteiger partial charge is 0.191 e. The Morgan fingerprint density at radius 3 is 3.00 bits per heavy atom. The highest BCUT2D eigenvalue weighted by molar-refractivity contribution is 14.0. The van der Waals surface area contributed by atoms with Crippen LogP contribution in [-0.4, -0.2) is 46.9 Å². The molecule has 0 spiro atoms. The van der Waals surface area contributed by atoms with Crippen molar-refractivity contribution in [3.8, 4) is 0 Å². The number of rotatable bonds is 6. The molecule has 120 valence electrons. The number of nitrogens with zero attached hydrogens (tertiary/aromatic N) is 3. The highest BCUT2D eigenvalue weighted by Gasteiger charge is 2.15. The van der Waals surface area contributed by atoms with Gasteiger partial charge in [0, 0.05) is 38.6 Å². The highest BCUT2D eigenvalue weighted by Crippen LogP contribution is 2.25. The predicted octanol–water partition coefficient (Wildman–Crippen LogP) is 2.03. The van der Waals surface area contributed by atoms with Gasteiger partial charge in [0.2, 0.25) is 0 Å². The minimum atomic E-state index is 0. The third-order valence-electron chi connectivity index (χ3n) is 3.44. The van der Waals surface area contributed by atoms with E-state index in [4.69, 9.17) is 0 Å². The third kappa shape index (κ3) is 6.90. The maximum atomic E-state index is 4.27. The molecule has 1 aliphatic rings. The van der Waals surface area contributed by atoms with Crippen LogP contribution in [-0.2, 0) is 13.5 Å². The monoisotopic (exact) mass is 423 g/mol. The van der Waals surface area contributed by atoms with E-state index < -0.39 is 0 Å². The topological polar surface area (TPSA) is 54.2 Å². The van der Waals surface area contributed by atoms with Gasteiger partial charge in [-0.1, -0.05) is 0 Å². The minimum absolute atomic E-state index is 0. The van der Waals surface area contributed by atoms with Crippen molar-refractivity contribution in [3.05, 3.63) is 18.0 Å². The number of thioether (sulfide) groups is 1. The maximum absolute atomic E-state index is 4.27. The number of nitrogens with one attached hydrogen (secondary N) is 2. The second kappa shape index (κ2) is 10.3. The molecular formula is C14H26IN5S. The molecule has 0 bridgehead atoms. The molecule has 1 aromatic rings. The zero-order valence-corrected chi connectivity index (χ0v) is 16.0. The fraction of sp³-hybridized carbons (Fsp3) is 0.714. The van der Waals surface area contributed by atoms with Crippen LogP contribution in [0.25, 0.3) is 0 Å². The van der Waals surface area contributed by atoms with Gasteiger partial charge in [-0.15, -0.1) is 24.0 Å². The number of halogens is 1. The Balaban J connectivity index is 0.00000220. The molecule has 0 saturated carbocycles. The molecule has 1 fully saturated rings. The molecule has 2 N–H and O–H groups in total. The van der Waals surface area contributed by atoms with Gasteiger partial charge in [-0.2, -0.15) is 16.9 Å². The van der Waals surface area contributed by atoms with E-state index in [9.17, 15) is 0 Å². The minimum Gasteiger partial charge on any atom is -0.356 e. The SMILES string of the molecule is CN=C(NCCCc1cnn(C)c1)NCC1CCCS1.I. The summed E-state index contributed by atoms with van der Waals surface area (Å²) in [5.74, 6) is 2.23. The molecule has 0 amide bonds. The number of guanidine groups is 1. The summed E-state index contributed by atoms with van der Waals surface area (Å²) in [6, 6.07) is 0. The molecule has 5 nitrogen and oxygen atoms in total. The molecule has 1 aliphatic heterocycles. The first kappa shape index (κ1) is 18.6. The van der Waals surface area contributed by atoms with Gasteiger partial charge in [0.05, 0.1) is 6.20 Å². The molecule has 21 heavy (non-hydrogen) atoms. The zero-order chi connectivity index (χ0) is 14.2. The van der Waals surface area contributed by atoms with E-state index in [1.165, 1.54) is 24.2 Å². The van der Waals surface area contributed by atoms with Crippen LogP contribution in [0.3, 0.4) is 0 Å². The van der Waals surface area contributed by atoms with Crippen LogP contribution in [0.1, 0.15) is 24.8 Å². The van der Waals surface area contributed by atoms with Crippen molar-refractivity contribution < 1.29 is 0 Å². The average Bonchev–Trinajstić information content (AvgIpc) is 3.09. The van der Waals surface area contributed by atoms with Gasteiger partial charge < -0.3 is 10.6 Å². The number of aryl methyl sites for hydroxylation is 2. The third-order valence-corrected chi connectivity index (χ3v) is 4.84. The summed E-state index contributed by atoms with van der Waals surface area (Å²) in [7, 11) is 3.78. The molecule has 2 rings (SSSR count). The molecule has 0 radical (unpaired) electrons. The second-order valence-electron chi connectivity index (χ2n) is 5.14. The van der Waals surface area contributed by atoms with Gasteiger partial charge in [0.25, 0.3) is 0 Å². The zero-order valence-electron chi connectivity index (χ0n) is 12.8. The number of aliphatic imine (C=N–C) groups is 1. The van der Waals surface area contributed by atoms with Gasteiger partial charge in [-0.3, -0.25) is 9.67 Å². The summed E-state index contributed by atoms with van der Waals surface area (Å²) in [6.07, 6.45) is 8.83. The Morgan fingerprint density at radius 1 is 1.52 bits per heavy atom. The van der Waals surface area contributed by atoms with E-state index in [1.54, 1.807) is 0 Å². The summed E-state index contributed by atoms with van der Waals surface area (Å²) >= 11 is 2.07. The fourth-order valence-corrected chi connectivity index (χ4v) is 3.54. The van der Waals surface area contributed by atoms with Gasteiger partial charge in [-0.25, -0.2) is 0 Å². The number of hydrogen-bond donors (Lipinski definition) is 2. The van der Waals surface area contributed by atoms with Gasteiger partial charge in [0.1, 0.15) is 0 Å². The number of aromatic nitrogens is 2. The normalized spacial score (nSPS) is 18.4. The lowest BCUT2D eigenvalue weighted by atomic mass is 10.2. The lowest BCUT2D eigenvalue weighted by Crippen LogP contribution is -2.40. The first-order valence-corrected chi connectivity index (χ1v) is 8.36. The Bertz CT molecular complexity index is 429. The van der Waals surface area contributed by atoms with Crippen molar-refractivity contribution in [3.63, 3.8) is 0 Å². The fourth-order valence-electron chi connectivity index (χ4n) is 2.34. The lowest BCUT2D eigenvalue weighted by molar-refractivity contribution is 0.710. The predicted molar refractivity (Wildman–Crippen MR) is 102 cm³/mol. The van der Waals surface area contributed by atoms with E-state index in [-0.39, 0.29) is 24.0 Å². The highest BCUT2D eigenvalue weighted by atomic mass is 127. The van der Waals surface area contributed by atoms with Crippen molar-refractivity contribution in [2.24, 2.45) is 12.0 Å². The van der Waals surface area contributed by atoms with Crippen molar-refractivity contribution in [2.45, 2.75) is 30.9 Å². The van der Waals surface area contributed by atoms with E-state index >= 15 is 0 Å². The molecule has 0 aliphatic carbocycles. The van der Waals surface area contributed by atoms with E-state index in [1.807, 2.05) is 25.0 Å². The Morgan fingerprint density at radius 2 is 2.38 bits per heavy atom. The van der Waals surface area contributed by atoms with Crippen LogP contribution in [0.5, 0.6) is 0 Å². The Kier molecular flexibility index (Phi) is 9.14. The van der Waals surface area contributed by atoms with Crippen LogP contribution >= 0.6 is 35.7 Å². The van der Waals surface area contributed by atoms with Crippen molar-refractivity contribution in [2.75, 3.05) is 25.9 Å². The summed E-state index contributed by atoms with van der Waals surface area (Å²) < 4.78 is 1.85. The first-order chi connectivity index (χ1) is 9.78. The molecular weight excluding hydrogens is 397 g/mol. The summed E-state index contributed by atoms with van der Waals surface area (Å²) in [6.45, 7) is 1.96. The van der Waals surface area contributed by atoms with Crippen LogP contribution in [0.2, 0.25) is 0 Å². The molecule has 2 heterocycles. The molecule has 1 atom stereocenters. The quantitative estimate of drug-likeness (QED) is 0.318. The standard InChI is InChI=1S/C14H25N5S.HI/c1-15-14(17-10-13-6-4-8-20-13)16-7-3-5-12-9-18-19(2)11-12;/h9,11,13H,3-8,10H2,1-2H3,(H2,15,16,17);1H. The molecule has 7 heteroatoms. The second-order valence-corrected chi connectivity index (χ2v) is 6.55. The summed E-state index contributed by atoms with van der Waals surface area (Å²) in [4.78, 5) is 4.27. The number of hydrogen-bond acceptors (Lipinski definition) is 3. The van der Waals surface area contributed by atoms with Crippen LogP contribution in [0, 0.1) is 0 Å². The van der Waals surface area contributed by atoms with E-state index in [0.717, 1.165) is 37.1 Å². The molecule has 1 aromatic heterocycles. The maximum Gasteiger partial charge on any atom is 0.191 e. The first-order valence-electron chi connectivity index (χ1n) is 7.31. The van der Waals surface area contributed by atoms with Crippen molar-refractivity contribution in [1.82, 2.24) is 20.4 Å². The van der Waals surface area contributed by atoms with E-state index in [0.29, 0.717) is 0 Å². The average molecular weight is 423 g/mol. The summed E-state index contributed by atoms with van der Waals surface area (Å²) in [5, 5.41) is 11.7. The molecule has 1 saturated heterocycles. The Labute approximate surface area is 148 Å². The lowest BCUT2D eigenvalue weighted by Gasteiger charge is -2.14. The van der Waals surface area contributed by atoms with E-state index in [2.05, 4.69) is 38.7 Å². The van der Waals surface area contributed by atoms with Gasteiger partial charge in [0.15, 0.2) is 5.96 Å². The Hall–Kier alpha value is -0.440. The van der Waals surface area contributed by atoms with Gasteiger partial charge in [-0.05, 0) is 37.0 Å². The molecule has 0 aromatic carbocycles. The molecule has 1 unspecified atom stereocenters. The van der Waals surface area contributed by atoms with Crippen LogP contribution < -0.4 is 10.6 Å². The largest absolute Gasteiger partial charge is 0.356 e. The van der Waals surface area contributed by atoms with Crippen molar-refractivity contribution in [1.29, 1.82) is 0 Å². The summed E-state index contributed by atoms with van der Waals surface area (Å²) in [5.41, 5.74) is 1.29. The van der Waals surface area contributed by atoms with Gasteiger partial charge >= 0.3 is 0 Å². The van der Waals surface area contributed by atoms with Crippen LogP contribution in [0.4, 0.5) is 0 Å².